The number of carbonyl (C=O) groups is 15. The van der Waals surface area contributed by atoms with Gasteiger partial charge in [0, 0.05) is 52.8 Å². The van der Waals surface area contributed by atoms with Crippen molar-refractivity contribution in [1.82, 2.24) is 68.5 Å². The Hall–Kier alpha value is -10.2. The Balaban J connectivity index is 1.61. The number of carbonyl (C=O) groups excluding carboxylic acids is 11. The van der Waals surface area contributed by atoms with Gasteiger partial charge in [0.2, 0.25) is 65.0 Å². The van der Waals surface area contributed by atoms with Crippen molar-refractivity contribution >= 4 is 123 Å². The normalized spacial score (nSPS) is 15.8. The van der Waals surface area contributed by atoms with Gasteiger partial charge in [-0.3, -0.25) is 67.1 Å². The molecule has 35 nitrogen and oxygen atoms in total. The molecule has 4 aromatic rings. The van der Waals surface area contributed by atoms with E-state index in [1.165, 1.54) is 13.8 Å². The Morgan fingerprint density at radius 3 is 1.17 bits per heavy atom. The van der Waals surface area contributed by atoms with Gasteiger partial charge in [0.1, 0.15) is 66.5 Å². The summed E-state index contributed by atoms with van der Waals surface area (Å²) in [5.74, 6) is -21.1. The van der Waals surface area contributed by atoms with Crippen molar-refractivity contribution in [2.24, 2.45) is 29.4 Å². The number of amides is 11. The summed E-state index contributed by atoms with van der Waals surface area (Å²) >= 11 is 4.28. The van der Waals surface area contributed by atoms with Gasteiger partial charge in [-0.2, -0.15) is 12.6 Å². The average molecular weight is 1470 g/mol. The number of nitrogens with one attached hydrogen (secondary N) is 13. The third-order valence-corrected chi connectivity index (χ3v) is 17.1. The molecule has 0 saturated carbocycles. The van der Waals surface area contributed by atoms with Crippen molar-refractivity contribution in [1.29, 1.82) is 0 Å². The van der Waals surface area contributed by atoms with Gasteiger partial charge in [0.15, 0.2) is 0 Å². The van der Waals surface area contributed by atoms with E-state index in [-0.39, 0.29) is 31.6 Å². The number of aromatic nitrogens is 2. The van der Waals surface area contributed by atoms with Crippen LogP contribution in [0.15, 0.2) is 60.9 Å². The fourth-order valence-corrected chi connectivity index (χ4v) is 11.1. The van der Waals surface area contributed by atoms with Crippen LogP contribution in [0.25, 0.3) is 21.8 Å². The van der Waals surface area contributed by atoms with Crippen LogP contribution >= 0.6 is 12.6 Å². The maximum absolute atomic E-state index is 14.9. The van der Waals surface area contributed by atoms with Crippen molar-refractivity contribution in [2.75, 3.05) is 5.75 Å². The van der Waals surface area contributed by atoms with Gasteiger partial charge < -0.3 is 105 Å². The molecule has 0 aliphatic heterocycles. The van der Waals surface area contributed by atoms with E-state index in [1.807, 2.05) is 5.32 Å². The van der Waals surface area contributed by atoms with E-state index in [4.69, 9.17) is 10.8 Å². The van der Waals surface area contributed by atoms with Crippen molar-refractivity contribution in [3.8, 4) is 0 Å². The summed E-state index contributed by atoms with van der Waals surface area (Å²) in [6.45, 7) is 14.9. The number of fused-ring (bicyclic) bond motifs is 2. The lowest BCUT2D eigenvalue weighted by Crippen LogP contribution is -2.63. The fourth-order valence-electron chi connectivity index (χ4n) is 10.8. The number of hydrogen-bond donors (Lipinski definition) is 21. The second-order valence-electron chi connectivity index (χ2n) is 26.3. The molecule has 0 fully saturated rings. The van der Waals surface area contributed by atoms with Crippen LogP contribution < -0.4 is 64.2 Å². The highest BCUT2D eigenvalue weighted by molar-refractivity contribution is 7.80. The molecule has 4 rings (SSSR count). The molecule has 0 aliphatic rings. The van der Waals surface area contributed by atoms with Gasteiger partial charge in [-0.15, -0.1) is 0 Å². The quantitative estimate of drug-likeness (QED) is 0.0207. The van der Waals surface area contributed by atoms with Gasteiger partial charge >= 0.3 is 23.9 Å². The molecule has 0 saturated heterocycles. The summed E-state index contributed by atoms with van der Waals surface area (Å²) in [7, 11) is 0. The van der Waals surface area contributed by atoms with Gasteiger partial charge in [-0.05, 0) is 67.2 Å². The molecule has 0 unspecified atom stereocenters. The molecule has 0 aliphatic carbocycles. The molecule has 36 heteroatoms. The van der Waals surface area contributed by atoms with Crippen LogP contribution in [-0.2, 0) is 84.8 Å². The molecule has 15 atom stereocenters. The Kier molecular flexibility index (Phi) is 33.0. The fraction of sp³-hybridized carbons (Fsp3) is 0.537. The number of nitrogens with two attached hydrogens (primary N) is 1. The number of H-pyrrole nitrogens is 2. The zero-order valence-corrected chi connectivity index (χ0v) is 59.5. The third-order valence-electron chi connectivity index (χ3n) is 16.8. The second-order valence-corrected chi connectivity index (χ2v) is 26.7. The number of benzene rings is 2. The molecular formula is C67H96N14O21S. The van der Waals surface area contributed by atoms with Gasteiger partial charge in [-0.1, -0.05) is 98.2 Å². The molecular weight excluding hydrogens is 1370 g/mol. The molecule has 103 heavy (non-hydrogen) atoms. The monoisotopic (exact) mass is 1460 g/mol. The molecule has 566 valence electrons. The van der Waals surface area contributed by atoms with E-state index in [0.717, 1.165) is 13.8 Å². The molecule has 0 spiro atoms. The Morgan fingerprint density at radius 2 is 0.738 bits per heavy atom. The van der Waals surface area contributed by atoms with Gasteiger partial charge in [0.25, 0.3) is 0 Å². The van der Waals surface area contributed by atoms with E-state index < -0.39 is 216 Å². The van der Waals surface area contributed by atoms with E-state index in [0.29, 0.717) is 32.9 Å². The average Bonchev–Trinajstić information content (AvgIpc) is 1.75. The van der Waals surface area contributed by atoms with Crippen molar-refractivity contribution in [2.45, 2.75) is 199 Å². The van der Waals surface area contributed by atoms with E-state index in [2.05, 4.69) is 75.8 Å². The topological polar surface area (TPSA) is 567 Å². The lowest BCUT2D eigenvalue weighted by atomic mass is 9.96. The Labute approximate surface area is 598 Å². The smallest absolute Gasteiger partial charge is 0.326 e. The molecule has 11 amide bonds. The van der Waals surface area contributed by atoms with Crippen LogP contribution in [0.3, 0.4) is 0 Å². The summed E-state index contributed by atoms with van der Waals surface area (Å²) < 4.78 is 0. The number of hydrogen-bond acceptors (Lipinski definition) is 19. The first-order chi connectivity index (χ1) is 48.3. The molecule has 2 aromatic heterocycles. The second kappa shape index (κ2) is 39.9. The minimum absolute atomic E-state index is 0.102. The largest absolute Gasteiger partial charge is 0.481 e. The highest BCUT2D eigenvalue weighted by atomic mass is 32.1. The first kappa shape index (κ1) is 85.2. The number of thiol groups is 1. The number of aliphatic carboxylic acids is 4. The Bertz CT molecular complexity index is 3710. The first-order valence-electron chi connectivity index (χ1n) is 33.3. The van der Waals surface area contributed by atoms with E-state index in [1.54, 1.807) is 102 Å². The molecule has 2 aromatic carbocycles. The number of aliphatic hydroxyl groups excluding tert-OH is 2. The van der Waals surface area contributed by atoms with Crippen molar-refractivity contribution in [3.05, 3.63) is 72.1 Å². The number of para-hydroxylation sites is 2. The lowest BCUT2D eigenvalue weighted by molar-refractivity contribution is -0.148. The zero-order chi connectivity index (χ0) is 77.4. The predicted molar refractivity (Wildman–Crippen MR) is 373 cm³/mol. The summed E-state index contributed by atoms with van der Waals surface area (Å²) in [6, 6.07) is -6.24. The third kappa shape index (κ3) is 25.7. The van der Waals surface area contributed by atoms with Crippen LogP contribution in [0.4, 0.5) is 0 Å². The minimum Gasteiger partial charge on any atom is -0.481 e. The van der Waals surface area contributed by atoms with Crippen molar-refractivity contribution < 1.29 is 103 Å². The maximum Gasteiger partial charge on any atom is 0.326 e. The summed E-state index contributed by atoms with van der Waals surface area (Å²) in [5.41, 5.74) is 7.96. The van der Waals surface area contributed by atoms with Gasteiger partial charge in [-0.25, -0.2) is 4.79 Å². The molecule has 0 bridgehead atoms. The number of rotatable bonds is 42. The molecule has 21 N–H and O–H groups in total. The summed E-state index contributed by atoms with van der Waals surface area (Å²) in [6.07, 6.45) is -3.70. The highest BCUT2D eigenvalue weighted by Gasteiger charge is 2.40. The van der Waals surface area contributed by atoms with E-state index in [9.17, 15) is 97.5 Å². The summed E-state index contributed by atoms with van der Waals surface area (Å²) in [5, 5.41) is 87.3. The van der Waals surface area contributed by atoms with Gasteiger partial charge in [0.05, 0.1) is 37.5 Å². The number of carboxylic acids is 4. The maximum atomic E-state index is 14.9. The first-order valence-corrected chi connectivity index (χ1v) is 34.0. The van der Waals surface area contributed by atoms with E-state index >= 15 is 0 Å². The predicted octanol–water partition coefficient (Wildman–Crippen LogP) is -2.30. The zero-order valence-electron chi connectivity index (χ0n) is 58.7. The Morgan fingerprint density at radius 1 is 0.408 bits per heavy atom. The van der Waals surface area contributed by atoms with Crippen LogP contribution in [0.5, 0.6) is 0 Å². The van der Waals surface area contributed by atoms with Crippen LogP contribution in [-0.4, -0.2) is 220 Å². The van der Waals surface area contributed by atoms with Crippen LogP contribution in [0.1, 0.15) is 112 Å². The van der Waals surface area contributed by atoms with Crippen molar-refractivity contribution in [3.63, 3.8) is 0 Å². The number of aromatic amines is 2. The standard InChI is InChI=1S/C67H96N14O21S/c1-11-32(8)53(64(98)76-47(28-103)61(95)81-55(34(10)83)66(100)78-52(31(6)7)63(97)73-42(20-29(2)3)59(93)80-54(33(9)82)65(99)75-46(67(101)102)25-50(88)89)79-60(94)44(22-36-27-70-41-19-15-13-17-38(36)41)71-58(92)45(24-49(86)87)72-57(91)43(21-35-26-69-40-18-14-12-16-37(35)40)74-62(96)51(30(4)5)77-56(90)39(68)23-48(84)85/h12-19,26-27,29-34,39,42-47,51-55,69-70,82-83,103H,11,20-25,28,68H2,1-10H3,(H,71,92)(H,72,91)(H,73,97)(H,74,96)(H,75,99)(H,76,98)(H,77,90)(H,78,100)(H,79,94)(H,80,93)(H,81,95)(H,84,85)(H,86,87)(H,88,89)(H,101,102)/t32-,33+,34+,39-,42-,43-,44-,45-,46-,47-,51-,52-,53-,54-,55-/m0/s1. The number of carboxylic acid groups (broad SMARTS) is 4. The highest BCUT2D eigenvalue weighted by Crippen LogP contribution is 2.22. The SMILES string of the molecule is CC[C@H](C)[C@H](NC(=O)[C@H](Cc1c[nH]c2ccccc12)NC(=O)[C@H](CC(=O)O)NC(=O)[C@H](Cc1c[nH]c2ccccc12)NC(=O)[C@@H](NC(=O)[C@@H](N)CC(=O)O)C(C)C)C(=O)N[C@@H](CS)C(=O)N[C@H](C(=O)N[C@H](C(=O)N[C@@H](CC(C)C)C(=O)N[C@H](C(=O)N[C@@H](CC(=O)O)C(=O)O)[C@@H](C)O)C(C)C)[C@@H](C)O. The number of aliphatic hydroxyl groups is 2. The summed E-state index contributed by atoms with van der Waals surface area (Å²) in [4.78, 5) is 208. The van der Waals surface area contributed by atoms with Crippen LogP contribution in [0, 0.1) is 23.7 Å². The molecule has 0 radical (unpaired) electrons. The molecule has 2 heterocycles. The minimum atomic E-state index is -1.98. The lowest BCUT2D eigenvalue weighted by Gasteiger charge is -2.30. The van der Waals surface area contributed by atoms with Crippen LogP contribution in [0.2, 0.25) is 0 Å².